The van der Waals surface area contributed by atoms with Crippen molar-refractivity contribution in [3.8, 4) is 0 Å². The molecular weight excluding hydrogens is 481 g/mol. The molecule has 2 unspecified atom stereocenters. The van der Waals surface area contributed by atoms with Crippen LogP contribution >= 0.6 is 24.0 Å². The summed E-state index contributed by atoms with van der Waals surface area (Å²) in [6, 6.07) is 11.1. The first-order valence-electron chi connectivity index (χ1n) is 9.70. The number of aliphatic imine (C=N–C) groups is 1. The van der Waals surface area contributed by atoms with Crippen LogP contribution in [0.3, 0.4) is 0 Å². The van der Waals surface area contributed by atoms with E-state index in [4.69, 9.17) is 4.74 Å². The fourth-order valence-corrected chi connectivity index (χ4v) is 3.52. The molecule has 2 atom stereocenters. The van der Waals surface area contributed by atoms with Crippen molar-refractivity contribution in [2.24, 2.45) is 4.99 Å². The second kappa shape index (κ2) is 11.5. The zero-order chi connectivity index (χ0) is 19.9. The predicted octanol–water partition coefficient (Wildman–Crippen LogP) is 1.83. The fourth-order valence-electron chi connectivity index (χ4n) is 3.52. The van der Waals surface area contributed by atoms with Crippen molar-refractivity contribution in [3.05, 3.63) is 47.5 Å². The highest BCUT2D eigenvalue weighted by Gasteiger charge is 2.23. The van der Waals surface area contributed by atoms with Crippen LogP contribution in [0.1, 0.15) is 29.7 Å². The maximum absolute atomic E-state index is 5.14. The highest BCUT2D eigenvalue weighted by atomic mass is 127. The molecule has 0 spiro atoms. The lowest BCUT2D eigenvalue weighted by Crippen LogP contribution is -2.48. The minimum Gasteiger partial charge on any atom is -0.377 e. The van der Waals surface area contributed by atoms with Crippen LogP contribution < -0.4 is 10.6 Å². The summed E-state index contributed by atoms with van der Waals surface area (Å²) in [5.74, 6) is 2.59. The Morgan fingerprint density at radius 2 is 2.10 bits per heavy atom. The van der Waals surface area contributed by atoms with E-state index in [1.165, 1.54) is 5.56 Å². The van der Waals surface area contributed by atoms with Gasteiger partial charge in [-0.1, -0.05) is 30.3 Å². The fraction of sp³-hybridized carbons (Fsp3) is 0.550. The van der Waals surface area contributed by atoms with Gasteiger partial charge in [-0.15, -0.1) is 24.0 Å². The van der Waals surface area contributed by atoms with E-state index >= 15 is 0 Å². The van der Waals surface area contributed by atoms with Gasteiger partial charge in [0.25, 0.3) is 0 Å². The van der Waals surface area contributed by atoms with Gasteiger partial charge in [-0.3, -0.25) is 4.99 Å². The molecule has 0 bridgehead atoms. The number of hydrogen-bond acceptors (Lipinski definition) is 5. The Morgan fingerprint density at radius 1 is 1.34 bits per heavy atom. The number of ether oxygens (including phenoxy) is 1. The van der Waals surface area contributed by atoms with E-state index in [9.17, 15) is 0 Å². The van der Waals surface area contributed by atoms with Crippen molar-refractivity contribution >= 4 is 29.9 Å². The van der Waals surface area contributed by atoms with E-state index in [0.717, 1.165) is 43.5 Å². The van der Waals surface area contributed by atoms with E-state index in [2.05, 4.69) is 69.0 Å². The Kier molecular flexibility index (Phi) is 9.31. The highest BCUT2D eigenvalue weighted by molar-refractivity contribution is 14.0. The lowest BCUT2D eigenvalue weighted by Gasteiger charge is -2.28. The van der Waals surface area contributed by atoms with Gasteiger partial charge in [0.1, 0.15) is 12.4 Å². The Labute approximate surface area is 190 Å². The quantitative estimate of drug-likeness (QED) is 0.334. The van der Waals surface area contributed by atoms with Crippen LogP contribution in [0.5, 0.6) is 0 Å². The highest BCUT2D eigenvalue weighted by Crippen LogP contribution is 2.17. The molecule has 0 radical (unpaired) electrons. The predicted molar refractivity (Wildman–Crippen MR) is 126 cm³/mol. The summed E-state index contributed by atoms with van der Waals surface area (Å²) in [6.45, 7) is 2.01. The van der Waals surface area contributed by atoms with Gasteiger partial charge in [0.2, 0.25) is 0 Å². The monoisotopic (exact) mass is 513 g/mol. The maximum Gasteiger partial charge on any atom is 0.191 e. The number of aryl methyl sites for hydroxylation is 1. The molecule has 1 aliphatic rings. The average molecular weight is 513 g/mol. The number of halogens is 1. The molecule has 3 rings (SSSR count). The summed E-state index contributed by atoms with van der Waals surface area (Å²) in [7, 11) is 7.67. The van der Waals surface area contributed by atoms with Crippen LogP contribution in [-0.4, -0.2) is 66.5 Å². The lowest BCUT2D eigenvalue weighted by atomic mass is 10.1. The van der Waals surface area contributed by atoms with Crippen molar-refractivity contribution in [1.29, 1.82) is 0 Å². The summed E-state index contributed by atoms with van der Waals surface area (Å²) >= 11 is 0. The van der Waals surface area contributed by atoms with Crippen LogP contribution in [0, 0.1) is 0 Å². The van der Waals surface area contributed by atoms with Crippen LogP contribution in [0.25, 0.3) is 0 Å². The van der Waals surface area contributed by atoms with Gasteiger partial charge in [-0.05, 0) is 26.1 Å². The van der Waals surface area contributed by atoms with Gasteiger partial charge in [-0.2, -0.15) is 5.10 Å². The molecule has 0 fully saturated rings. The number of hydrogen-bond donors (Lipinski definition) is 2. The van der Waals surface area contributed by atoms with E-state index < -0.39 is 0 Å². The topological polar surface area (TPSA) is 79.6 Å². The van der Waals surface area contributed by atoms with Gasteiger partial charge in [0.05, 0.1) is 12.6 Å². The van der Waals surface area contributed by atoms with Crippen molar-refractivity contribution in [2.45, 2.75) is 38.1 Å². The number of aromatic nitrogens is 3. The first-order chi connectivity index (χ1) is 13.6. The number of nitrogens with zero attached hydrogens (tertiary/aromatic N) is 5. The zero-order valence-corrected chi connectivity index (χ0v) is 20.0. The van der Waals surface area contributed by atoms with Gasteiger partial charge in [-0.25, -0.2) is 9.67 Å². The Hall–Kier alpha value is -1.72. The molecular formula is C20H32IN7O. The first kappa shape index (κ1) is 23.6. The molecule has 0 amide bonds. The Bertz CT molecular complexity index is 778. The number of rotatable bonds is 7. The normalized spacial score (nSPS) is 17.4. The van der Waals surface area contributed by atoms with Crippen LogP contribution in [0.2, 0.25) is 0 Å². The van der Waals surface area contributed by atoms with E-state index in [-0.39, 0.29) is 36.1 Å². The number of fused-ring (bicyclic) bond motifs is 1. The van der Waals surface area contributed by atoms with Crippen molar-refractivity contribution < 1.29 is 4.74 Å². The second-order valence-electron chi connectivity index (χ2n) is 7.28. The number of likely N-dealkylation sites (N-methyl/N-ethyl adjacent to an activating group) is 1. The zero-order valence-electron chi connectivity index (χ0n) is 17.6. The molecule has 0 saturated heterocycles. The standard InChI is InChI=1S/C20H31N7O.HI/c1-21-20(22-12-17(26(2)3)15-8-6-5-7-9-15)23-16-10-11-19-24-18(14-28-4)25-27(19)13-16;/h5-9,16-17H,10-14H2,1-4H3,(H2,21,22,23);1H. The van der Waals surface area contributed by atoms with Crippen LogP contribution in [0.4, 0.5) is 0 Å². The molecule has 2 N–H and O–H groups in total. The second-order valence-corrected chi connectivity index (χ2v) is 7.28. The molecule has 1 aromatic carbocycles. The largest absolute Gasteiger partial charge is 0.377 e. The van der Waals surface area contributed by atoms with Gasteiger partial charge >= 0.3 is 0 Å². The third kappa shape index (κ3) is 6.38. The average Bonchev–Trinajstić information content (AvgIpc) is 3.09. The Balaban J connectivity index is 0.00000300. The summed E-state index contributed by atoms with van der Waals surface area (Å²) < 4.78 is 7.12. The molecule has 160 valence electrons. The lowest BCUT2D eigenvalue weighted by molar-refractivity contribution is 0.177. The van der Waals surface area contributed by atoms with Gasteiger partial charge in [0.15, 0.2) is 11.8 Å². The molecule has 8 nitrogen and oxygen atoms in total. The molecule has 29 heavy (non-hydrogen) atoms. The van der Waals surface area contributed by atoms with Crippen LogP contribution in [-0.2, 0) is 24.3 Å². The molecule has 0 saturated carbocycles. The maximum atomic E-state index is 5.14. The first-order valence-corrected chi connectivity index (χ1v) is 9.70. The third-order valence-electron chi connectivity index (χ3n) is 5.01. The van der Waals surface area contributed by atoms with Gasteiger partial charge < -0.3 is 20.3 Å². The Morgan fingerprint density at radius 3 is 2.76 bits per heavy atom. The number of guanidine groups is 1. The molecule has 0 aliphatic carbocycles. The molecule has 1 aliphatic heterocycles. The number of nitrogens with one attached hydrogen (secondary N) is 2. The van der Waals surface area contributed by atoms with Crippen LogP contribution in [0.15, 0.2) is 35.3 Å². The van der Waals surface area contributed by atoms with Crippen molar-refractivity contribution in [2.75, 3.05) is 34.8 Å². The van der Waals surface area contributed by atoms with Crippen molar-refractivity contribution in [1.82, 2.24) is 30.3 Å². The van der Waals surface area contributed by atoms with Gasteiger partial charge in [0, 0.05) is 33.2 Å². The smallest absolute Gasteiger partial charge is 0.191 e. The third-order valence-corrected chi connectivity index (χ3v) is 5.01. The molecule has 9 heteroatoms. The van der Waals surface area contributed by atoms with E-state index in [0.29, 0.717) is 6.61 Å². The molecule has 1 aromatic heterocycles. The SMILES string of the molecule is CN=C(NCC(c1ccccc1)N(C)C)NC1CCc2nc(COC)nn2C1.I. The minimum atomic E-state index is 0. The summed E-state index contributed by atoms with van der Waals surface area (Å²) in [4.78, 5) is 11.2. The number of methoxy groups -OCH3 is 1. The van der Waals surface area contributed by atoms with E-state index in [1.807, 2.05) is 17.8 Å². The minimum absolute atomic E-state index is 0. The molecule has 2 heterocycles. The van der Waals surface area contributed by atoms with E-state index in [1.54, 1.807) is 7.11 Å². The summed E-state index contributed by atoms with van der Waals surface area (Å²) in [6.07, 6.45) is 1.90. The number of benzene rings is 1. The summed E-state index contributed by atoms with van der Waals surface area (Å²) in [5, 5.41) is 11.5. The molecule has 2 aromatic rings. The van der Waals surface area contributed by atoms with Crippen molar-refractivity contribution in [3.63, 3.8) is 0 Å². The summed E-state index contributed by atoms with van der Waals surface area (Å²) in [5.41, 5.74) is 1.28.